The summed E-state index contributed by atoms with van der Waals surface area (Å²) in [5, 5.41) is 4.14. The topological polar surface area (TPSA) is 24.5 Å². The third-order valence-corrected chi connectivity index (χ3v) is 3.58. The normalized spacial score (nSPS) is 16.0. The quantitative estimate of drug-likeness (QED) is 0.844. The predicted molar refractivity (Wildman–Crippen MR) is 77.6 cm³/mol. The Hall–Kier alpha value is -1.13. The van der Waals surface area contributed by atoms with Gasteiger partial charge in [-0.2, -0.15) is 0 Å². The lowest BCUT2D eigenvalue weighted by Crippen LogP contribution is -2.46. The summed E-state index contributed by atoms with van der Waals surface area (Å²) in [6.07, 6.45) is 1.07. The molecule has 1 heterocycles. The van der Waals surface area contributed by atoms with Crippen LogP contribution in [0.4, 0.5) is 0 Å². The Morgan fingerprint density at radius 3 is 2.89 bits per heavy atom. The molecule has 0 saturated heterocycles. The zero-order valence-corrected chi connectivity index (χ0v) is 11.8. The van der Waals surface area contributed by atoms with Gasteiger partial charge in [-0.15, -0.1) is 0 Å². The molecule has 1 N–H and O–H groups in total. The molecule has 1 atom stereocenters. The SMILES string of the molecule is COC[C@H](C)NC(=S)N1CCc2ccccc2C1. The second-order valence-electron chi connectivity index (χ2n) is 4.75. The minimum atomic E-state index is 0.250. The van der Waals surface area contributed by atoms with Crippen molar-refractivity contribution in [2.45, 2.75) is 25.9 Å². The molecule has 3 nitrogen and oxygen atoms in total. The molecule has 0 aliphatic carbocycles. The first kappa shape index (κ1) is 13.3. The van der Waals surface area contributed by atoms with E-state index in [2.05, 4.69) is 41.4 Å². The van der Waals surface area contributed by atoms with Crippen LogP contribution >= 0.6 is 12.2 Å². The fourth-order valence-corrected chi connectivity index (χ4v) is 2.62. The highest BCUT2D eigenvalue weighted by Crippen LogP contribution is 2.18. The zero-order valence-electron chi connectivity index (χ0n) is 11.0. The highest BCUT2D eigenvalue weighted by Gasteiger charge is 2.18. The lowest BCUT2D eigenvalue weighted by atomic mass is 10.0. The van der Waals surface area contributed by atoms with Crippen molar-refractivity contribution in [1.82, 2.24) is 10.2 Å². The number of hydrogen-bond donors (Lipinski definition) is 1. The molecule has 0 aromatic heterocycles. The number of thiocarbonyl (C=S) groups is 1. The number of nitrogens with zero attached hydrogens (tertiary/aromatic N) is 1. The lowest BCUT2D eigenvalue weighted by molar-refractivity contribution is 0.177. The fourth-order valence-electron chi connectivity index (χ4n) is 2.26. The van der Waals surface area contributed by atoms with E-state index in [9.17, 15) is 0 Å². The largest absolute Gasteiger partial charge is 0.383 e. The highest BCUT2D eigenvalue weighted by molar-refractivity contribution is 7.80. The van der Waals surface area contributed by atoms with Crippen LogP contribution < -0.4 is 5.32 Å². The van der Waals surface area contributed by atoms with Gasteiger partial charge in [-0.25, -0.2) is 0 Å². The molecule has 0 spiro atoms. The van der Waals surface area contributed by atoms with Crippen molar-refractivity contribution >= 4 is 17.3 Å². The van der Waals surface area contributed by atoms with E-state index in [4.69, 9.17) is 17.0 Å². The lowest BCUT2D eigenvalue weighted by Gasteiger charge is -2.32. The summed E-state index contributed by atoms with van der Waals surface area (Å²) in [6.45, 7) is 4.64. The minimum absolute atomic E-state index is 0.250. The van der Waals surface area contributed by atoms with Gasteiger partial charge >= 0.3 is 0 Å². The maximum absolute atomic E-state index is 5.45. The van der Waals surface area contributed by atoms with Gasteiger partial charge in [0.1, 0.15) is 0 Å². The summed E-state index contributed by atoms with van der Waals surface area (Å²) < 4.78 is 5.11. The van der Waals surface area contributed by atoms with Crippen LogP contribution in [0.2, 0.25) is 0 Å². The van der Waals surface area contributed by atoms with Gasteiger partial charge in [-0.05, 0) is 36.7 Å². The van der Waals surface area contributed by atoms with Gasteiger partial charge in [0.15, 0.2) is 5.11 Å². The third kappa shape index (κ3) is 3.21. The Kier molecular flexibility index (Phi) is 4.55. The second kappa shape index (κ2) is 6.16. The minimum Gasteiger partial charge on any atom is -0.383 e. The number of nitrogens with one attached hydrogen (secondary N) is 1. The van der Waals surface area contributed by atoms with E-state index < -0.39 is 0 Å². The van der Waals surface area contributed by atoms with Gasteiger partial charge in [0.2, 0.25) is 0 Å². The van der Waals surface area contributed by atoms with Gasteiger partial charge in [-0.3, -0.25) is 0 Å². The van der Waals surface area contributed by atoms with Crippen LogP contribution in [-0.4, -0.2) is 36.3 Å². The van der Waals surface area contributed by atoms with Gasteiger partial charge in [0, 0.05) is 26.2 Å². The fraction of sp³-hybridized carbons (Fsp3) is 0.500. The molecule has 0 amide bonds. The number of benzene rings is 1. The maximum atomic E-state index is 5.45. The molecule has 0 saturated carbocycles. The zero-order chi connectivity index (χ0) is 13.0. The van der Waals surface area contributed by atoms with Gasteiger partial charge < -0.3 is 15.0 Å². The van der Waals surface area contributed by atoms with E-state index in [0.29, 0.717) is 6.61 Å². The first-order valence-corrected chi connectivity index (χ1v) is 6.72. The molecule has 1 aromatic carbocycles. The summed E-state index contributed by atoms with van der Waals surface area (Å²) >= 11 is 5.45. The van der Waals surface area contributed by atoms with Crippen LogP contribution in [0.5, 0.6) is 0 Å². The average Bonchev–Trinajstić information content (AvgIpc) is 2.38. The molecule has 18 heavy (non-hydrogen) atoms. The first-order chi connectivity index (χ1) is 8.70. The van der Waals surface area contributed by atoms with E-state index in [0.717, 1.165) is 24.6 Å². The maximum Gasteiger partial charge on any atom is 0.169 e. The number of rotatable bonds is 3. The Bertz CT molecular complexity index is 422. The van der Waals surface area contributed by atoms with Crippen LogP contribution in [0.25, 0.3) is 0 Å². The van der Waals surface area contributed by atoms with Crippen LogP contribution in [0.3, 0.4) is 0 Å². The number of ether oxygens (including phenoxy) is 1. The van der Waals surface area contributed by atoms with E-state index >= 15 is 0 Å². The van der Waals surface area contributed by atoms with Crippen LogP contribution in [0.15, 0.2) is 24.3 Å². The summed E-state index contributed by atoms with van der Waals surface area (Å²) in [5.41, 5.74) is 2.83. The Morgan fingerprint density at radius 1 is 1.44 bits per heavy atom. The van der Waals surface area contributed by atoms with Crippen molar-refractivity contribution in [3.63, 3.8) is 0 Å². The Balaban J connectivity index is 1.94. The van der Waals surface area contributed by atoms with Crippen LogP contribution in [0.1, 0.15) is 18.1 Å². The van der Waals surface area contributed by atoms with Crippen LogP contribution in [-0.2, 0) is 17.7 Å². The van der Waals surface area contributed by atoms with E-state index in [-0.39, 0.29) is 6.04 Å². The molecule has 0 bridgehead atoms. The summed E-state index contributed by atoms with van der Waals surface area (Å²) in [4.78, 5) is 2.23. The third-order valence-electron chi connectivity index (χ3n) is 3.20. The first-order valence-electron chi connectivity index (χ1n) is 6.32. The van der Waals surface area contributed by atoms with Gasteiger partial charge in [0.25, 0.3) is 0 Å². The molecule has 1 aliphatic rings. The average molecular weight is 264 g/mol. The number of fused-ring (bicyclic) bond motifs is 1. The van der Waals surface area contributed by atoms with E-state index in [1.807, 2.05) is 0 Å². The molecular formula is C14H20N2OS. The molecule has 1 aromatic rings. The van der Waals surface area contributed by atoms with Crippen molar-refractivity contribution in [3.05, 3.63) is 35.4 Å². The second-order valence-corrected chi connectivity index (χ2v) is 5.13. The van der Waals surface area contributed by atoms with Gasteiger partial charge in [0.05, 0.1) is 6.61 Å². The van der Waals surface area contributed by atoms with Gasteiger partial charge in [-0.1, -0.05) is 24.3 Å². The molecule has 98 valence electrons. The summed E-state index contributed by atoms with van der Waals surface area (Å²) in [5.74, 6) is 0. The molecule has 2 rings (SSSR count). The molecule has 1 aliphatic heterocycles. The van der Waals surface area contributed by atoms with Crippen LogP contribution in [0, 0.1) is 0 Å². The van der Waals surface area contributed by atoms with E-state index in [1.54, 1.807) is 7.11 Å². The van der Waals surface area contributed by atoms with Crippen molar-refractivity contribution in [2.75, 3.05) is 20.3 Å². The van der Waals surface area contributed by atoms with Crippen molar-refractivity contribution in [3.8, 4) is 0 Å². The number of methoxy groups -OCH3 is 1. The van der Waals surface area contributed by atoms with Crippen molar-refractivity contribution in [2.24, 2.45) is 0 Å². The summed E-state index contributed by atoms with van der Waals surface area (Å²) in [6, 6.07) is 8.83. The smallest absolute Gasteiger partial charge is 0.169 e. The predicted octanol–water partition coefficient (Wildman–Crippen LogP) is 1.95. The number of hydrogen-bond acceptors (Lipinski definition) is 2. The molecule has 0 unspecified atom stereocenters. The molecular weight excluding hydrogens is 244 g/mol. The summed E-state index contributed by atoms with van der Waals surface area (Å²) in [7, 11) is 1.71. The highest BCUT2D eigenvalue weighted by atomic mass is 32.1. The van der Waals surface area contributed by atoms with E-state index in [1.165, 1.54) is 11.1 Å². The molecule has 4 heteroatoms. The van der Waals surface area contributed by atoms with Crippen molar-refractivity contribution < 1.29 is 4.74 Å². The monoisotopic (exact) mass is 264 g/mol. The standard InChI is InChI=1S/C14H20N2OS/c1-11(10-17-2)15-14(18)16-8-7-12-5-3-4-6-13(12)9-16/h3-6,11H,7-10H2,1-2H3,(H,15,18)/t11-/m0/s1. The Labute approximate surface area is 114 Å². The Morgan fingerprint density at radius 2 is 2.17 bits per heavy atom. The molecule has 0 radical (unpaired) electrons. The molecule has 0 fully saturated rings. The van der Waals surface area contributed by atoms with Crippen molar-refractivity contribution in [1.29, 1.82) is 0 Å².